The molecule has 0 radical (unpaired) electrons. The minimum absolute atomic E-state index is 0.0658. The Morgan fingerprint density at radius 1 is 1.60 bits per heavy atom. The van der Waals surface area contributed by atoms with Crippen LogP contribution in [0.15, 0.2) is 12.3 Å². The summed E-state index contributed by atoms with van der Waals surface area (Å²) in [5.41, 5.74) is 5.38. The Kier molecular flexibility index (Phi) is 4.62. The lowest BCUT2D eigenvalue weighted by Crippen LogP contribution is -2.14. The molecule has 0 unspecified atom stereocenters. The molecule has 0 aliphatic carbocycles. The number of nitrogens with two attached hydrogens (primary N) is 1. The number of aromatic nitrogens is 2. The monoisotopic (exact) mass is 213 g/mol. The molecule has 6 nitrogen and oxygen atoms in total. The number of hydrogen-bond acceptors (Lipinski definition) is 5. The lowest BCUT2D eigenvalue weighted by Gasteiger charge is -2.03. The second-order valence-electron chi connectivity index (χ2n) is 3.09. The van der Waals surface area contributed by atoms with Crippen LogP contribution in [0.3, 0.4) is 0 Å². The van der Waals surface area contributed by atoms with E-state index in [1.807, 2.05) is 0 Å². The van der Waals surface area contributed by atoms with Crippen molar-refractivity contribution >= 4 is 11.8 Å². The van der Waals surface area contributed by atoms with Gasteiger partial charge in [-0.2, -0.15) is 5.10 Å². The Hall–Kier alpha value is -1.56. The molecule has 0 atom stereocenters. The van der Waals surface area contributed by atoms with Gasteiger partial charge in [0.2, 0.25) is 0 Å². The Balaban J connectivity index is 2.18. The molecule has 0 spiro atoms. The van der Waals surface area contributed by atoms with E-state index in [4.69, 9.17) is 15.6 Å². The van der Waals surface area contributed by atoms with Crippen LogP contribution in [-0.2, 0) is 16.1 Å². The standard InChI is InChI=1S/C9H15N3O3/c10-8-3-4-12(11-8)7-9(14)15-6-2-1-5-13/h3-4,13H,1-2,5-7H2,(H2,10,11). The van der Waals surface area contributed by atoms with E-state index in [2.05, 4.69) is 5.10 Å². The molecule has 3 N–H and O–H groups in total. The molecule has 0 aliphatic heterocycles. The van der Waals surface area contributed by atoms with Crippen LogP contribution in [0.2, 0.25) is 0 Å². The molecule has 1 heterocycles. The van der Waals surface area contributed by atoms with E-state index in [1.54, 1.807) is 12.3 Å². The molecule has 84 valence electrons. The van der Waals surface area contributed by atoms with Gasteiger partial charge in [-0.05, 0) is 18.9 Å². The van der Waals surface area contributed by atoms with E-state index in [0.717, 1.165) is 0 Å². The fourth-order valence-corrected chi connectivity index (χ4v) is 1.04. The summed E-state index contributed by atoms with van der Waals surface area (Å²) in [7, 11) is 0. The molecule has 15 heavy (non-hydrogen) atoms. The molecule has 1 aromatic rings. The van der Waals surface area contributed by atoms with Crippen LogP contribution in [0, 0.1) is 0 Å². The van der Waals surface area contributed by atoms with Gasteiger partial charge in [-0.3, -0.25) is 9.48 Å². The summed E-state index contributed by atoms with van der Waals surface area (Å²) >= 11 is 0. The zero-order chi connectivity index (χ0) is 11.1. The number of nitrogens with zero attached hydrogens (tertiary/aromatic N) is 2. The number of carbonyl (C=O) groups excluding carboxylic acids is 1. The average molecular weight is 213 g/mol. The number of carbonyl (C=O) groups is 1. The van der Waals surface area contributed by atoms with Gasteiger partial charge < -0.3 is 15.6 Å². The SMILES string of the molecule is Nc1ccn(CC(=O)OCCCCO)n1. The molecule has 0 aromatic carbocycles. The quantitative estimate of drug-likeness (QED) is 0.503. The number of hydrogen-bond donors (Lipinski definition) is 2. The largest absolute Gasteiger partial charge is 0.464 e. The summed E-state index contributed by atoms with van der Waals surface area (Å²) in [5.74, 6) is 0.0270. The van der Waals surface area contributed by atoms with Gasteiger partial charge >= 0.3 is 5.97 Å². The van der Waals surface area contributed by atoms with E-state index >= 15 is 0 Å². The molecule has 0 saturated heterocycles. The van der Waals surface area contributed by atoms with Crippen LogP contribution in [0.25, 0.3) is 0 Å². The van der Waals surface area contributed by atoms with Crippen LogP contribution in [0.5, 0.6) is 0 Å². The first-order valence-electron chi connectivity index (χ1n) is 4.78. The number of ether oxygens (including phenoxy) is 1. The second kappa shape index (κ2) is 6.02. The summed E-state index contributed by atoms with van der Waals surface area (Å²) in [6, 6.07) is 1.61. The van der Waals surface area contributed by atoms with Crippen molar-refractivity contribution < 1.29 is 14.6 Å². The fraction of sp³-hybridized carbons (Fsp3) is 0.556. The molecule has 0 amide bonds. The molecular formula is C9H15N3O3. The van der Waals surface area contributed by atoms with Gasteiger partial charge in [-0.15, -0.1) is 0 Å². The zero-order valence-electron chi connectivity index (χ0n) is 8.43. The molecule has 0 bridgehead atoms. The van der Waals surface area contributed by atoms with E-state index in [-0.39, 0.29) is 19.1 Å². The van der Waals surface area contributed by atoms with Gasteiger partial charge in [0.15, 0.2) is 0 Å². The number of nitrogen functional groups attached to an aromatic ring is 1. The number of esters is 1. The first kappa shape index (κ1) is 11.5. The van der Waals surface area contributed by atoms with Crippen LogP contribution in [0.1, 0.15) is 12.8 Å². The summed E-state index contributed by atoms with van der Waals surface area (Å²) in [4.78, 5) is 11.2. The minimum Gasteiger partial charge on any atom is -0.464 e. The van der Waals surface area contributed by atoms with Gasteiger partial charge in [-0.25, -0.2) is 0 Å². The minimum atomic E-state index is -0.351. The normalized spacial score (nSPS) is 10.2. The highest BCUT2D eigenvalue weighted by atomic mass is 16.5. The van der Waals surface area contributed by atoms with Crippen LogP contribution < -0.4 is 5.73 Å². The van der Waals surface area contributed by atoms with Gasteiger partial charge in [0.25, 0.3) is 0 Å². The maximum atomic E-state index is 11.2. The maximum Gasteiger partial charge on any atom is 0.327 e. The highest BCUT2D eigenvalue weighted by Gasteiger charge is 2.04. The Bertz CT molecular complexity index is 311. The third-order valence-corrected chi connectivity index (χ3v) is 1.77. The van der Waals surface area contributed by atoms with Crippen molar-refractivity contribution in [2.24, 2.45) is 0 Å². The van der Waals surface area contributed by atoms with Gasteiger partial charge in [0, 0.05) is 12.8 Å². The predicted octanol–water partition coefficient (Wildman–Crippen LogP) is -0.219. The molecule has 0 aliphatic rings. The average Bonchev–Trinajstić information content (AvgIpc) is 2.59. The lowest BCUT2D eigenvalue weighted by atomic mass is 10.3. The third kappa shape index (κ3) is 4.46. The topological polar surface area (TPSA) is 90.4 Å². The molecular weight excluding hydrogens is 198 g/mol. The van der Waals surface area contributed by atoms with Crippen LogP contribution in [-0.4, -0.2) is 34.1 Å². The molecule has 6 heteroatoms. The fourth-order valence-electron chi connectivity index (χ4n) is 1.04. The number of anilines is 1. The molecule has 1 rings (SSSR count). The van der Waals surface area contributed by atoms with Crippen molar-refractivity contribution in [3.05, 3.63) is 12.3 Å². The van der Waals surface area contributed by atoms with Crippen molar-refractivity contribution in [3.63, 3.8) is 0 Å². The first-order chi connectivity index (χ1) is 7.22. The van der Waals surface area contributed by atoms with Crippen molar-refractivity contribution in [2.75, 3.05) is 18.9 Å². The van der Waals surface area contributed by atoms with E-state index in [0.29, 0.717) is 25.3 Å². The van der Waals surface area contributed by atoms with Crippen LogP contribution >= 0.6 is 0 Å². The molecule has 0 saturated carbocycles. The smallest absolute Gasteiger partial charge is 0.327 e. The van der Waals surface area contributed by atoms with Gasteiger partial charge in [0.05, 0.1) is 6.61 Å². The predicted molar refractivity (Wildman–Crippen MR) is 53.9 cm³/mol. The Labute approximate surface area is 87.6 Å². The Morgan fingerprint density at radius 3 is 3.00 bits per heavy atom. The molecule has 1 aromatic heterocycles. The van der Waals surface area contributed by atoms with E-state index < -0.39 is 0 Å². The number of rotatable bonds is 6. The Morgan fingerprint density at radius 2 is 2.40 bits per heavy atom. The van der Waals surface area contributed by atoms with E-state index in [9.17, 15) is 4.79 Å². The second-order valence-corrected chi connectivity index (χ2v) is 3.09. The summed E-state index contributed by atoms with van der Waals surface area (Å²) < 4.78 is 6.33. The third-order valence-electron chi connectivity index (χ3n) is 1.77. The van der Waals surface area contributed by atoms with Gasteiger partial charge in [0.1, 0.15) is 12.4 Å². The number of aliphatic hydroxyl groups excluding tert-OH is 1. The number of unbranched alkanes of at least 4 members (excludes halogenated alkanes) is 1. The van der Waals surface area contributed by atoms with Crippen molar-refractivity contribution in [2.45, 2.75) is 19.4 Å². The highest BCUT2D eigenvalue weighted by Crippen LogP contribution is 1.97. The summed E-state index contributed by atoms with van der Waals surface area (Å²) in [6.45, 7) is 0.514. The van der Waals surface area contributed by atoms with E-state index in [1.165, 1.54) is 4.68 Å². The number of aliphatic hydroxyl groups is 1. The summed E-state index contributed by atoms with van der Waals surface area (Å²) in [5, 5.41) is 12.3. The van der Waals surface area contributed by atoms with Crippen molar-refractivity contribution in [1.29, 1.82) is 0 Å². The first-order valence-corrected chi connectivity index (χ1v) is 4.78. The lowest BCUT2D eigenvalue weighted by molar-refractivity contribution is -0.144. The van der Waals surface area contributed by atoms with Crippen molar-refractivity contribution in [1.82, 2.24) is 9.78 Å². The molecule has 0 fully saturated rings. The summed E-state index contributed by atoms with van der Waals surface area (Å²) in [6.07, 6.45) is 2.93. The zero-order valence-corrected chi connectivity index (χ0v) is 8.43. The van der Waals surface area contributed by atoms with Gasteiger partial charge in [-0.1, -0.05) is 0 Å². The maximum absolute atomic E-state index is 11.2. The van der Waals surface area contributed by atoms with Crippen LogP contribution in [0.4, 0.5) is 5.82 Å². The van der Waals surface area contributed by atoms with Crippen molar-refractivity contribution in [3.8, 4) is 0 Å². The highest BCUT2D eigenvalue weighted by molar-refractivity contribution is 5.69.